The summed E-state index contributed by atoms with van der Waals surface area (Å²) in [7, 11) is -4.47. The van der Waals surface area contributed by atoms with Crippen LogP contribution < -0.4 is 30.4 Å². The van der Waals surface area contributed by atoms with Crippen LogP contribution in [0.2, 0.25) is 0 Å². The highest BCUT2D eigenvalue weighted by atomic mass is 79.9. The number of fused-ring (bicyclic) bond motifs is 1. The molecule has 3 aliphatic rings. The molecule has 9 atom stereocenters. The number of carbonyl (C=O) groups is 5. The molecule has 0 spiro atoms. The first-order valence-corrected chi connectivity index (χ1v) is 26.8. The Morgan fingerprint density at radius 2 is 1.57 bits per heavy atom. The molecule has 426 valence electrons. The van der Waals surface area contributed by atoms with Crippen LogP contribution in [0.3, 0.4) is 0 Å². The van der Waals surface area contributed by atoms with Crippen LogP contribution in [0.4, 0.5) is 17.2 Å². The topological polar surface area (TPSA) is 405 Å². The number of aliphatic hydroxyl groups is 5. The molecule has 11 N–H and O–H groups in total. The number of carbonyl (C=O) groups excluding carboxylic acids is 4. The predicted molar refractivity (Wildman–Crippen MR) is 275 cm³/mol. The van der Waals surface area contributed by atoms with Gasteiger partial charge in [0.2, 0.25) is 36.5 Å². The average molecular weight is 1260 g/mol. The number of hydrogen-bond acceptors (Lipinski definition) is 22. The minimum absolute atomic E-state index is 0.0219. The third-order valence-corrected chi connectivity index (χ3v) is 14.4. The summed E-state index contributed by atoms with van der Waals surface area (Å²) in [6.45, 7) is -0.140. The molecule has 0 unspecified atom stereocenters. The lowest BCUT2D eigenvalue weighted by Gasteiger charge is -2.40. The summed E-state index contributed by atoms with van der Waals surface area (Å²) < 4.78 is 64.3. The molecule has 4 amide bonds. The van der Waals surface area contributed by atoms with Crippen molar-refractivity contribution < 1.29 is 100 Å². The maximum atomic E-state index is 13.5. The van der Waals surface area contributed by atoms with E-state index >= 15 is 0 Å². The summed E-state index contributed by atoms with van der Waals surface area (Å²) in [5.41, 5.74) is 1.53. The van der Waals surface area contributed by atoms with Gasteiger partial charge in [0.1, 0.15) is 45.6 Å². The van der Waals surface area contributed by atoms with Crippen LogP contribution in [0.25, 0.3) is 11.2 Å². The van der Waals surface area contributed by atoms with Crippen LogP contribution in [0, 0.1) is 18.4 Å². The highest BCUT2D eigenvalue weighted by Crippen LogP contribution is 2.35. The summed E-state index contributed by atoms with van der Waals surface area (Å²) in [5, 5.41) is 76.7. The fourth-order valence-electron chi connectivity index (χ4n) is 7.98. The lowest BCUT2D eigenvalue weighted by molar-refractivity contribution is -0.668. The molecule has 29 nitrogen and oxygen atoms in total. The van der Waals surface area contributed by atoms with Crippen molar-refractivity contribution in [3.05, 3.63) is 75.2 Å². The molecule has 7 rings (SSSR count). The second kappa shape index (κ2) is 27.4. The van der Waals surface area contributed by atoms with E-state index in [0.717, 1.165) is 4.90 Å². The monoisotopic (exact) mass is 1250 g/mol. The largest absolute Gasteiger partial charge is 0.522 e. The Labute approximate surface area is 466 Å². The van der Waals surface area contributed by atoms with E-state index in [1.165, 1.54) is 33.9 Å². The number of benzene rings is 2. The Kier molecular flexibility index (Phi) is 21.0. The number of ether oxygens (including phenoxy) is 6. The average Bonchev–Trinajstić information content (AvgIpc) is 4.03. The number of terminal acetylenes is 1. The zero-order valence-corrected chi connectivity index (χ0v) is 45.2. The van der Waals surface area contributed by atoms with E-state index in [4.69, 9.17) is 40.0 Å². The lowest BCUT2D eigenvalue weighted by Crippen LogP contribution is -2.61. The number of halogens is 2. The van der Waals surface area contributed by atoms with Gasteiger partial charge in [-0.2, -0.15) is 14.5 Å². The summed E-state index contributed by atoms with van der Waals surface area (Å²) in [4.78, 5) is 72.3. The molecule has 5 heterocycles. The van der Waals surface area contributed by atoms with Crippen LogP contribution in [0.1, 0.15) is 30.2 Å². The zero-order valence-electron chi connectivity index (χ0n) is 41.3. The molecule has 2 aromatic heterocycles. The predicted octanol–water partition coefficient (Wildman–Crippen LogP) is -2.34. The molecule has 3 aliphatic heterocycles. The van der Waals surface area contributed by atoms with E-state index in [1.54, 1.807) is 24.3 Å². The Hall–Kier alpha value is -6.13. The van der Waals surface area contributed by atoms with E-state index in [1.807, 2.05) is 0 Å². The number of imide groups is 1. The van der Waals surface area contributed by atoms with Gasteiger partial charge in [0, 0.05) is 36.4 Å². The van der Waals surface area contributed by atoms with Crippen molar-refractivity contribution in [1.82, 2.24) is 24.8 Å². The van der Waals surface area contributed by atoms with Gasteiger partial charge in [-0.25, -0.2) is 24.1 Å². The van der Waals surface area contributed by atoms with E-state index < -0.39 is 102 Å². The van der Waals surface area contributed by atoms with E-state index in [9.17, 15) is 63.0 Å². The quantitative estimate of drug-likeness (QED) is 0.00983. The van der Waals surface area contributed by atoms with E-state index in [0.29, 0.717) is 11.3 Å². The Morgan fingerprint density at radius 1 is 0.873 bits per heavy atom. The molecule has 0 bridgehead atoms. The molecular weight excluding hydrogens is 1200 g/mol. The number of rotatable bonds is 27. The van der Waals surface area contributed by atoms with Gasteiger partial charge in [0.05, 0.1) is 59.3 Å². The molecule has 2 saturated heterocycles. The van der Waals surface area contributed by atoms with Gasteiger partial charge in [0.25, 0.3) is 17.5 Å². The maximum Gasteiger partial charge on any atom is 0.335 e. The minimum atomic E-state index is -4.47. The van der Waals surface area contributed by atoms with Crippen molar-refractivity contribution in [3.63, 3.8) is 0 Å². The second-order valence-corrected chi connectivity index (χ2v) is 20.2. The molecule has 0 aliphatic carbocycles. The van der Waals surface area contributed by atoms with Crippen molar-refractivity contribution in [2.75, 3.05) is 70.0 Å². The number of aliphatic hydroxyl groups excluding tert-OH is 5. The van der Waals surface area contributed by atoms with Gasteiger partial charge in [0.15, 0.2) is 17.9 Å². The number of aromatic nitrogens is 4. The third-order valence-electron chi connectivity index (χ3n) is 11.9. The van der Waals surface area contributed by atoms with Gasteiger partial charge >= 0.3 is 16.3 Å². The Morgan fingerprint density at radius 3 is 2.25 bits per heavy atom. The number of hydrogen-bond donors (Lipinski definition) is 10. The summed E-state index contributed by atoms with van der Waals surface area (Å²) in [6.07, 6.45) is -8.21. The molecule has 0 radical (unpaired) electrons. The normalized spacial score (nSPS) is 23.3. The molecule has 0 saturated carbocycles. The summed E-state index contributed by atoms with van der Waals surface area (Å²) in [6, 6.07) is 12.6. The van der Waals surface area contributed by atoms with Gasteiger partial charge in [-0.05, 0) is 55.7 Å². The summed E-state index contributed by atoms with van der Waals surface area (Å²) >= 11 is 6.12. The van der Waals surface area contributed by atoms with E-state index in [2.05, 4.69) is 73.9 Å². The number of imidazole rings is 1. The van der Waals surface area contributed by atoms with Crippen LogP contribution >= 0.6 is 31.9 Å². The fourth-order valence-corrected chi connectivity index (χ4v) is 9.07. The molecule has 2 aromatic carbocycles. The van der Waals surface area contributed by atoms with Crippen molar-refractivity contribution in [2.24, 2.45) is 5.14 Å². The Bertz CT molecular complexity index is 3070. The molecule has 4 aromatic rings. The number of nitrogens with one attached hydrogen (secondary N) is 3. The highest BCUT2D eigenvalue weighted by Gasteiger charge is 2.49. The number of nitrogens with two attached hydrogens (primary N) is 1. The first-order chi connectivity index (χ1) is 37.6. The van der Waals surface area contributed by atoms with Gasteiger partial charge in [-0.15, -0.1) is 24.1 Å². The molecule has 2 fully saturated rings. The molecule has 32 heteroatoms. The minimum Gasteiger partial charge on any atom is -0.522 e. The number of carboxylic acid groups (broad SMARTS) is 1. The van der Waals surface area contributed by atoms with Gasteiger partial charge in [-0.1, -0.05) is 17.0 Å². The number of amides is 4. The van der Waals surface area contributed by atoms with Crippen LogP contribution in [0.5, 0.6) is 5.75 Å². The summed E-state index contributed by atoms with van der Waals surface area (Å²) in [5.74, 6) is -1.26. The third kappa shape index (κ3) is 15.4. The van der Waals surface area contributed by atoms with Gasteiger partial charge in [-0.3, -0.25) is 28.3 Å². The SMILES string of the molecule is C#Cc1cccc(Nc2nc[n+](Cc3[c-]c(NC(=O)CCNC(=O)CCOCCOCCOCCN4C(=O)C(Br)=C(Br)C4=O)c(O[C@@H]4O[C@H](C(=O)O)[C@@H](O)[C@H](O)[C@H]4O)cc3)c3c2ncn3[C@@H]2O[C@H](COS(N)(=O)=O)[C@@H](O)[C@H]2O)c1. The highest BCUT2D eigenvalue weighted by molar-refractivity contribution is 9.14. The van der Waals surface area contributed by atoms with Crippen molar-refractivity contribution >= 4 is 100 Å². The first-order valence-electron chi connectivity index (χ1n) is 23.8. The van der Waals surface area contributed by atoms with Crippen molar-refractivity contribution in [2.45, 2.75) is 74.6 Å². The fraction of sp³-hybridized carbons (Fsp3) is 0.447. The standard InChI is InChI=1S/C47H52Br2N9O20S/c1-2-24-4-3-5-26(18-24)54-41-34-42(58(23-52-34)45-38(64)35(61)29(76-45)21-75-79(50,70)71)56(22-53-41)20-25-6-7-28(77-47-39(65)36(62)37(63)40(78-47)46(68)69)27(19-25)55-31(60)8-10-51-30(59)9-12-72-14-16-74-17-15-73-13-11-57-43(66)32(48)33(49)44(57)67/h1,3-7,18,22-23,29,35-40,45,47,61-65H,8-17,20-21H2,(H5,50,51,55,59,60,68,69,70,71)/q-1/p+1/t29-,35-,36+,37+,38-,39-,40+,45-,47-/m1/s1. The maximum absolute atomic E-state index is 13.5. The van der Waals surface area contributed by atoms with Crippen molar-refractivity contribution in [1.29, 1.82) is 0 Å². The number of aliphatic carboxylic acids is 1. The van der Waals surface area contributed by atoms with Crippen LogP contribution in [-0.4, -0.2) is 196 Å². The van der Waals surface area contributed by atoms with Crippen LogP contribution in [0.15, 0.2) is 58.0 Å². The van der Waals surface area contributed by atoms with Crippen LogP contribution in [-0.2, 0) is 68.7 Å². The number of nitrogens with zero attached hydrogens (tertiary/aromatic N) is 5. The number of carboxylic acids is 1. The molecular formula is C47H53Br2N9O20S. The lowest BCUT2D eigenvalue weighted by atomic mass is 9.99. The Balaban J connectivity index is 1.01. The smallest absolute Gasteiger partial charge is 0.335 e. The van der Waals surface area contributed by atoms with Gasteiger partial charge < -0.3 is 75.0 Å². The van der Waals surface area contributed by atoms with Crippen molar-refractivity contribution in [3.8, 4) is 18.1 Å². The zero-order chi connectivity index (χ0) is 57.1. The van der Waals surface area contributed by atoms with E-state index in [-0.39, 0.29) is 115 Å². The molecule has 79 heavy (non-hydrogen) atoms. The number of anilines is 3. The first kappa shape index (κ1) is 60.5. The second-order valence-electron chi connectivity index (χ2n) is 17.4.